The molecular formula is C12H18BNO. The van der Waals surface area contributed by atoms with Crippen molar-refractivity contribution in [2.75, 3.05) is 0 Å². The van der Waals surface area contributed by atoms with Crippen molar-refractivity contribution in [1.29, 1.82) is 0 Å². The van der Waals surface area contributed by atoms with Crippen LogP contribution in [0.25, 0.3) is 0 Å². The van der Waals surface area contributed by atoms with Crippen LogP contribution in [0.4, 0.5) is 0 Å². The predicted octanol–water partition coefficient (Wildman–Crippen LogP) is 1.35. The van der Waals surface area contributed by atoms with E-state index in [-0.39, 0.29) is 11.4 Å². The van der Waals surface area contributed by atoms with Crippen LogP contribution in [0.5, 0.6) is 0 Å². The molecule has 1 aromatic rings. The van der Waals surface area contributed by atoms with E-state index in [1.807, 2.05) is 45.0 Å². The minimum absolute atomic E-state index is 0.00912. The zero-order valence-electron chi connectivity index (χ0n) is 9.92. The highest BCUT2D eigenvalue weighted by Gasteiger charge is 2.14. The lowest BCUT2D eigenvalue weighted by Gasteiger charge is -2.20. The van der Waals surface area contributed by atoms with Crippen LogP contribution >= 0.6 is 0 Å². The van der Waals surface area contributed by atoms with Crippen LogP contribution in [-0.4, -0.2) is 19.3 Å². The van der Waals surface area contributed by atoms with E-state index >= 15 is 0 Å². The highest BCUT2D eigenvalue weighted by Crippen LogP contribution is 2.06. The average molecular weight is 203 g/mol. The maximum absolute atomic E-state index is 11.7. The lowest BCUT2D eigenvalue weighted by Crippen LogP contribution is -2.40. The van der Waals surface area contributed by atoms with Crippen LogP contribution < -0.4 is 5.32 Å². The zero-order valence-corrected chi connectivity index (χ0v) is 9.92. The van der Waals surface area contributed by atoms with Gasteiger partial charge < -0.3 is 5.32 Å². The predicted molar refractivity (Wildman–Crippen MR) is 65.9 cm³/mol. The first-order valence-corrected chi connectivity index (χ1v) is 5.34. The van der Waals surface area contributed by atoms with Crippen LogP contribution in [-0.2, 0) is 6.32 Å². The first-order valence-electron chi connectivity index (χ1n) is 5.34. The molecule has 80 valence electrons. The van der Waals surface area contributed by atoms with Crippen LogP contribution in [0.1, 0.15) is 36.7 Å². The molecule has 0 aliphatic rings. The molecule has 0 saturated carbocycles. The van der Waals surface area contributed by atoms with E-state index in [1.54, 1.807) is 0 Å². The van der Waals surface area contributed by atoms with Crippen molar-refractivity contribution in [2.45, 2.75) is 32.6 Å². The van der Waals surface area contributed by atoms with Crippen LogP contribution in [0.3, 0.4) is 0 Å². The number of benzene rings is 1. The summed E-state index contributed by atoms with van der Waals surface area (Å²) in [7, 11) is 2.10. The van der Waals surface area contributed by atoms with E-state index in [2.05, 4.69) is 13.2 Å². The van der Waals surface area contributed by atoms with Crippen molar-refractivity contribution in [3.05, 3.63) is 35.4 Å². The summed E-state index contributed by atoms with van der Waals surface area (Å²) < 4.78 is 0. The van der Waals surface area contributed by atoms with Gasteiger partial charge in [-0.15, -0.1) is 0 Å². The van der Waals surface area contributed by atoms with Gasteiger partial charge in [-0.3, -0.25) is 4.79 Å². The number of hydrogen-bond acceptors (Lipinski definition) is 1. The Kier molecular flexibility index (Phi) is 3.56. The molecule has 1 aromatic carbocycles. The molecule has 0 saturated heterocycles. The SMILES string of the molecule is BCc1ccc(C(=O)NC(C)(C)C)cc1. The Bertz CT molecular complexity index is 338. The van der Waals surface area contributed by atoms with Gasteiger partial charge in [0.05, 0.1) is 0 Å². The van der Waals surface area contributed by atoms with Gasteiger partial charge in [-0.05, 0) is 32.9 Å². The molecule has 0 fully saturated rings. The van der Waals surface area contributed by atoms with Gasteiger partial charge >= 0.3 is 0 Å². The second-order valence-electron chi connectivity index (χ2n) is 4.75. The van der Waals surface area contributed by atoms with E-state index in [9.17, 15) is 4.79 Å². The van der Waals surface area contributed by atoms with Gasteiger partial charge in [-0.2, -0.15) is 0 Å². The molecule has 1 amide bonds. The molecule has 0 aromatic heterocycles. The largest absolute Gasteiger partial charge is 0.347 e. The summed E-state index contributed by atoms with van der Waals surface area (Å²) in [4.78, 5) is 11.7. The van der Waals surface area contributed by atoms with Crippen molar-refractivity contribution >= 4 is 13.8 Å². The fraction of sp³-hybridized carbons (Fsp3) is 0.417. The van der Waals surface area contributed by atoms with Gasteiger partial charge in [0, 0.05) is 11.1 Å². The number of nitrogens with one attached hydrogen (secondary N) is 1. The number of hydrogen-bond donors (Lipinski definition) is 1. The first kappa shape index (κ1) is 11.8. The minimum atomic E-state index is -0.180. The van der Waals surface area contributed by atoms with E-state index in [0.29, 0.717) is 0 Å². The maximum atomic E-state index is 11.7. The molecule has 0 aliphatic carbocycles. The lowest BCUT2D eigenvalue weighted by atomic mass is 9.96. The molecule has 0 spiro atoms. The molecular weight excluding hydrogens is 185 g/mol. The maximum Gasteiger partial charge on any atom is 0.251 e. The van der Waals surface area contributed by atoms with Gasteiger partial charge in [0.15, 0.2) is 0 Å². The lowest BCUT2D eigenvalue weighted by molar-refractivity contribution is 0.0919. The number of carbonyl (C=O) groups excluding carboxylic acids is 1. The van der Waals surface area contributed by atoms with Crippen molar-refractivity contribution in [3.63, 3.8) is 0 Å². The zero-order chi connectivity index (χ0) is 11.5. The number of rotatable bonds is 2. The third-order valence-electron chi connectivity index (χ3n) is 2.11. The Labute approximate surface area is 92.5 Å². The van der Waals surface area contributed by atoms with Crippen molar-refractivity contribution in [1.82, 2.24) is 5.32 Å². The summed E-state index contributed by atoms with van der Waals surface area (Å²) in [5, 5.41) is 2.93. The van der Waals surface area contributed by atoms with Crippen LogP contribution in [0.15, 0.2) is 24.3 Å². The van der Waals surface area contributed by atoms with Crippen LogP contribution in [0, 0.1) is 0 Å². The highest BCUT2D eigenvalue weighted by atomic mass is 16.1. The first-order chi connectivity index (χ1) is 6.92. The number of amides is 1. The van der Waals surface area contributed by atoms with E-state index in [1.165, 1.54) is 5.56 Å². The smallest absolute Gasteiger partial charge is 0.251 e. The molecule has 1 rings (SSSR count). The van der Waals surface area contributed by atoms with Crippen molar-refractivity contribution in [2.24, 2.45) is 0 Å². The summed E-state index contributed by atoms with van der Waals surface area (Å²) in [6.07, 6.45) is 1.00. The monoisotopic (exact) mass is 203 g/mol. The Balaban J connectivity index is 2.75. The summed E-state index contributed by atoms with van der Waals surface area (Å²) in [5.41, 5.74) is 1.80. The minimum Gasteiger partial charge on any atom is -0.347 e. The Morgan fingerprint density at radius 2 is 1.80 bits per heavy atom. The second kappa shape index (κ2) is 4.52. The molecule has 1 N–H and O–H groups in total. The summed E-state index contributed by atoms with van der Waals surface area (Å²) in [6, 6.07) is 7.74. The van der Waals surface area contributed by atoms with Gasteiger partial charge in [-0.25, -0.2) is 0 Å². The van der Waals surface area contributed by atoms with E-state index in [0.717, 1.165) is 11.9 Å². The van der Waals surface area contributed by atoms with Gasteiger partial charge in [0.1, 0.15) is 7.85 Å². The Hall–Kier alpha value is -1.25. The molecule has 2 nitrogen and oxygen atoms in total. The molecule has 0 radical (unpaired) electrons. The van der Waals surface area contributed by atoms with Gasteiger partial charge in [0.2, 0.25) is 0 Å². The average Bonchev–Trinajstić information content (AvgIpc) is 2.15. The molecule has 3 heteroatoms. The molecule has 0 aliphatic heterocycles. The Morgan fingerprint density at radius 3 is 2.20 bits per heavy atom. The number of carbonyl (C=O) groups is 1. The normalized spacial score (nSPS) is 11.1. The van der Waals surface area contributed by atoms with Crippen molar-refractivity contribution < 1.29 is 4.79 Å². The topological polar surface area (TPSA) is 29.1 Å². The molecule has 0 bridgehead atoms. The van der Waals surface area contributed by atoms with E-state index in [4.69, 9.17) is 0 Å². The quantitative estimate of drug-likeness (QED) is 0.722. The second-order valence-corrected chi connectivity index (χ2v) is 4.75. The molecule has 0 atom stereocenters. The van der Waals surface area contributed by atoms with Gasteiger partial charge in [0.25, 0.3) is 5.91 Å². The Morgan fingerprint density at radius 1 is 1.27 bits per heavy atom. The summed E-state index contributed by atoms with van der Waals surface area (Å²) >= 11 is 0. The third-order valence-corrected chi connectivity index (χ3v) is 2.11. The fourth-order valence-corrected chi connectivity index (χ4v) is 1.30. The summed E-state index contributed by atoms with van der Waals surface area (Å²) in [5.74, 6) is -0.00912. The molecule has 15 heavy (non-hydrogen) atoms. The molecule has 0 heterocycles. The summed E-state index contributed by atoms with van der Waals surface area (Å²) in [6.45, 7) is 5.93. The van der Waals surface area contributed by atoms with E-state index < -0.39 is 0 Å². The molecule has 0 unspecified atom stereocenters. The standard InChI is InChI=1S/C12H18BNO/c1-12(2,3)14-11(15)10-6-4-9(8-13)5-7-10/h4-7H,8,13H2,1-3H3,(H,14,15). The van der Waals surface area contributed by atoms with Crippen molar-refractivity contribution in [3.8, 4) is 0 Å². The highest BCUT2D eigenvalue weighted by molar-refractivity contribution is 6.08. The van der Waals surface area contributed by atoms with Crippen LogP contribution in [0.2, 0.25) is 0 Å². The van der Waals surface area contributed by atoms with Gasteiger partial charge in [-0.1, -0.05) is 24.0 Å². The fourth-order valence-electron chi connectivity index (χ4n) is 1.30. The third kappa shape index (κ3) is 3.78.